The number of carbonyl (C=O) groups excluding carboxylic acids is 2. The third-order valence-electron chi connectivity index (χ3n) is 4.71. The Morgan fingerprint density at radius 2 is 2.20 bits per heavy atom. The summed E-state index contributed by atoms with van der Waals surface area (Å²) >= 11 is 0. The number of amides is 2. The summed E-state index contributed by atoms with van der Waals surface area (Å²) in [5.41, 5.74) is 0.995. The van der Waals surface area contributed by atoms with Gasteiger partial charge in [-0.2, -0.15) is 0 Å². The number of aromatic nitrogens is 2. The van der Waals surface area contributed by atoms with Crippen LogP contribution in [0.2, 0.25) is 0 Å². The van der Waals surface area contributed by atoms with Gasteiger partial charge in [-0.3, -0.25) is 14.0 Å². The van der Waals surface area contributed by atoms with Crippen molar-refractivity contribution in [3.63, 3.8) is 0 Å². The molecule has 2 aromatic rings. The highest BCUT2D eigenvalue weighted by molar-refractivity contribution is 6.02. The number of rotatable bonds is 5. The second-order valence-electron chi connectivity index (χ2n) is 6.85. The molecule has 0 aromatic carbocycles. The normalized spacial score (nSPS) is 17.7. The van der Waals surface area contributed by atoms with Crippen LogP contribution < -0.4 is 5.32 Å². The highest BCUT2D eigenvalue weighted by atomic mass is 16.2. The van der Waals surface area contributed by atoms with E-state index in [4.69, 9.17) is 0 Å². The summed E-state index contributed by atoms with van der Waals surface area (Å²) in [7, 11) is 0. The average molecular weight is 342 g/mol. The van der Waals surface area contributed by atoms with Crippen molar-refractivity contribution >= 4 is 17.3 Å². The molecule has 2 amide bonds. The molecule has 1 fully saturated rings. The van der Waals surface area contributed by atoms with Crippen LogP contribution in [0.5, 0.6) is 0 Å². The van der Waals surface area contributed by atoms with E-state index in [2.05, 4.69) is 24.1 Å². The summed E-state index contributed by atoms with van der Waals surface area (Å²) in [5.74, 6) is 0.509. The quantitative estimate of drug-likeness (QED) is 0.850. The number of pyridine rings is 1. The number of unbranched alkanes of at least 4 members (excludes halogenated alkanes) is 1. The van der Waals surface area contributed by atoms with Gasteiger partial charge in [0.2, 0.25) is 5.82 Å². The molecule has 3 heterocycles. The summed E-state index contributed by atoms with van der Waals surface area (Å²) in [6.07, 6.45) is 5.90. The van der Waals surface area contributed by atoms with Gasteiger partial charge in [-0.15, -0.1) is 0 Å². The fourth-order valence-corrected chi connectivity index (χ4v) is 3.33. The summed E-state index contributed by atoms with van der Waals surface area (Å²) in [4.78, 5) is 31.7. The van der Waals surface area contributed by atoms with Gasteiger partial charge in [-0.05, 0) is 37.3 Å². The standard InChI is InChI=1S/C19H26N4O2/c1-3-4-10-20-18(24)16-15-9-5-6-12-23(15)17(21-16)19(25)22-11-7-8-14(2)13-22/h5-6,9,12,14H,3-4,7-8,10-11,13H2,1-2H3,(H,20,24). The Balaban J connectivity index is 1.90. The molecule has 1 N–H and O–H groups in total. The van der Waals surface area contributed by atoms with Crippen LogP contribution in [0.15, 0.2) is 24.4 Å². The van der Waals surface area contributed by atoms with Crippen LogP contribution in [-0.4, -0.2) is 45.7 Å². The first kappa shape index (κ1) is 17.5. The van der Waals surface area contributed by atoms with Gasteiger partial charge in [0.1, 0.15) is 0 Å². The van der Waals surface area contributed by atoms with Crippen LogP contribution in [-0.2, 0) is 0 Å². The largest absolute Gasteiger partial charge is 0.351 e. The first-order valence-corrected chi connectivity index (χ1v) is 9.16. The molecule has 1 unspecified atom stereocenters. The van der Waals surface area contributed by atoms with E-state index in [1.807, 2.05) is 23.1 Å². The monoisotopic (exact) mass is 342 g/mol. The minimum absolute atomic E-state index is 0.0969. The van der Waals surface area contributed by atoms with E-state index in [9.17, 15) is 9.59 Å². The van der Waals surface area contributed by atoms with E-state index in [1.165, 1.54) is 0 Å². The number of hydrogen-bond acceptors (Lipinski definition) is 3. The van der Waals surface area contributed by atoms with Gasteiger partial charge in [0.25, 0.3) is 11.8 Å². The zero-order valence-electron chi connectivity index (χ0n) is 15.0. The third-order valence-corrected chi connectivity index (χ3v) is 4.71. The maximum atomic E-state index is 13.0. The van der Waals surface area contributed by atoms with E-state index in [0.29, 0.717) is 29.5 Å². The molecule has 3 rings (SSSR count). The zero-order valence-corrected chi connectivity index (χ0v) is 15.0. The molecule has 0 bridgehead atoms. The Kier molecular flexibility index (Phi) is 5.36. The number of carbonyl (C=O) groups is 2. The first-order valence-electron chi connectivity index (χ1n) is 9.16. The van der Waals surface area contributed by atoms with Crippen molar-refractivity contribution in [3.8, 4) is 0 Å². The maximum Gasteiger partial charge on any atom is 0.290 e. The SMILES string of the molecule is CCCCNC(=O)c1nc(C(=O)N2CCCC(C)C2)n2ccccc12. The molecule has 1 aliphatic rings. The maximum absolute atomic E-state index is 13.0. The molecular formula is C19H26N4O2. The summed E-state index contributed by atoms with van der Waals surface area (Å²) in [6.45, 7) is 6.36. The summed E-state index contributed by atoms with van der Waals surface area (Å²) in [6, 6.07) is 5.54. The Bertz CT molecular complexity index is 768. The third kappa shape index (κ3) is 3.67. The smallest absolute Gasteiger partial charge is 0.290 e. The van der Waals surface area contributed by atoms with Crippen molar-refractivity contribution in [1.82, 2.24) is 19.6 Å². The summed E-state index contributed by atoms with van der Waals surface area (Å²) in [5, 5.41) is 2.89. The second-order valence-corrected chi connectivity index (χ2v) is 6.85. The highest BCUT2D eigenvalue weighted by Gasteiger charge is 2.27. The lowest BCUT2D eigenvalue weighted by molar-refractivity contribution is 0.0670. The van der Waals surface area contributed by atoms with Crippen molar-refractivity contribution in [2.45, 2.75) is 39.5 Å². The average Bonchev–Trinajstić information content (AvgIpc) is 3.01. The molecule has 1 saturated heterocycles. The number of hydrogen-bond donors (Lipinski definition) is 1. The predicted octanol–water partition coefficient (Wildman–Crippen LogP) is 2.74. The number of nitrogens with one attached hydrogen (secondary N) is 1. The van der Waals surface area contributed by atoms with E-state index in [-0.39, 0.29) is 11.8 Å². The first-order chi connectivity index (χ1) is 12.1. The number of nitrogens with zero attached hydrogens (tertiary/aromatic N) is 3. The molecule has 25 heavy (non-hydrogen) atoms. The molecule has 0 radical (unpaired) electrons. The van der Waals surface area contributed by atoms with E-state index in [1.54, 1.807) is 10.6 Å². The second kappa shape index (κ2) is 7.68. The molecule has 134 valence electrons. The lowest BCUT2D eigenvalue weighted by Gasteiger charge is -2.30. The molecule has 1 aliphatic heterocycles. The minimum atomic E-state index is -0.219. The Hall–Kier alpha value is -2.37. The van der Waals surface area contributed by atoms with Crippen LogP contribution in [0, 0.1) is 5.92 Å². The molecule has 6 nitrogen and oxygen atoms in total. The van der Waals surface area contributed by atoms with Gasteiger partial charge in [0.05, 0.1) is 5.52 Å². The van der Waals surface area contributed by atoms with Crippen LogP contribution in [0.25, 0.3) is 5.52 Å². The van der Waals surface area contributed by atoms with Crippen LogP contribution >= 0.6 is 0 Å². The predicted molar refractivity (Wildman–Crippen MR) is 96.7 cm³/mol. The van der Waals surface area contributed by atoms with Crippen molar-refractivity contribution in [1.29, 1.82) is 0 Å². The Morgan fingerprint density at radius 1 is 1.36 bits per heavy atom. The highest BCUT2D eigenvalue weighted by Crippen LogP contribution is 2.20. The van der Waals surface area contributed by atoms with Crippen molar-refractivity contribution in [2.75, 3.05) is 19.6 Å². The molecule has 1 atom stereocenters. The fraction of sp³-hybridized carbons (Fsp3) is 0.526. The lowest BCUT2D eigenvalue weighted by Crippen LogP contribution is -2.40. The molecule has 0 spiro atoms. The van der Waals surface area contributed by atoms with Gasteiger partial charge in [0.15, 0.2) is 5.69 Å². The van der Waals surface area contributed by atoms with Crippen LogP contribution in [0.1, 0.15) is 60.6 Å². The number of imidazole rings is 1. The topological polar surface area (TPSA) is 66.7 Å². The minimum Gasteiger partial charge on any atom is -0.351 e. The Labute approximate surface area is 148 Å². The molecule has 0 aliphatic carbocycles. The van der Waals surface area contributed by atoms with Crippen LogP contribution in [0.3, 0.4) is 0 Å². The molecular weight excluding hydrogens is 316 g/mol. The summed E-state index contributed by atoms with van der Waals surface area (Å²) < 4.78 is 1.73. The van der Waals surface area contributed by atoms with Crippen molar-refractivity contribution in [3.05, 3.63) is 35.9 Å². The number of fused-ring (bicyclic) bond motifs is 1. The molecule has 0 saturated carbocycles. The van der Waals surface area contributed by atoms with Crippen molar-refractivity contribution in [2.24, 2.45) is 5.92 Å². The fourth-order valence-electron chi connectivity index (χ4n) is 3.33. The van der Waals surface area contributed by atoms with Crippen LogP contribution in [0.4, 0.5) is 0 Å². The molecule has 6 heteroatoms. The van der Waals surface area contributed by atoms with Gasteiger partial charge in [0, 0.05) is 25.8 Å². The van der Waals surface area contributed by atoms with E-state index >= 15 is 0 Å². The Morgan fingerprint density at radius 3 is 2.96 bits per heavy atom. The van der Waals surface area contributed by atoms with Gasteiger partial charge < -0.3 is 10.2 Å². The van der Waals surface area contributed by atoms with Crippen molar-refractivity contribution < 1.29 is 9.59 Å². The molecule has 2 aromatic heterocycles. The van der Waals surface area contributed by atoms with E-state index in [0.717, 1.165) is 38.8 Å². The number of piperidine rings is 1. The zero-order chi connectivity index (χ0) is 17.8. The van der Waals surface area contributed by atoms with Gasteiger partial charge >= 0.3 is 0 Å². The lowest BCUT2D eigenvalue weighted by atomic mass is 10.0. The van der Waals surface area contributed by atoms with E-state index < -0.39 is 0 Å². The van der Waals surface area contributed by atoms with Gasteiger partial charge in [-0.1, -0.05) is 26.3 Å². The number of likely N-dealkylation sites (tertiary alicyclic amines) is 1. The van der Waals surface area contributed by atoms with Gasteiger partial charge in [-0.25, -0.2) is 4.98 Å².